The van der Waals surface area contributed by atoms with E-state index in [9.17, 15) is 0 Å². The van der Waals surface area contributed by atoms with Gasteiger partial charge in [-0.3, -0.25) is 0 Å². The predicted molar refractivity (Wildman–Crippen MR) is 76.7 cm³/mol. The molecule has 0 saturated carbocycles. The fourth-order valence-electron chi connectivity index (χ4n) is 2.69. The van der Waals surface area contributed by atoms with Gasteiger partial charge in [0.1, 0.15) is 0 Å². The molecule has 0 aromatic carbocycles. The number of methoxy groups -OCH3 is 1. The van der Waals surface area contributed by atoms with E-state index in [0.717, 1.165) is 24.8 Å². The molecule has 0 bridgehead atoms. The number of hydrogen-bond donors (Lipinski definition) is 0. The SMILES string of the molecule is COc1nccnc1N1CCC(C(C)N(C)C)CC1. The lowest BCUT2D eigenvalue weighted by Gasteiger charge is -2.37. The van der Waals surface area contributed by atoms with Crippen LogP contribution in [0.2, 0.25) is 0 Å². The van der Waals surface area contributed by atoms with Gasteiger partial charge in [0.05, 0.1) is 7.11 Å². The van der Waals surface area contributed by atoms with Gasteiger partial charge in [-0.1, -0.05) is 0 Å². The number of hydrogen-bond acceptors (Lipinski definition) is 5. The van der Waals surface area contributed by atoms with Gasteiger partial charge in [-0.25, -0.2) is 9.97 Å². The third-order valence-corrected chi connectivity index (χ3v) is 4.18. The summed E-state index contributed by atoms with van der Waals surface area (Å²) in [7, 11) is 5.96. The molecule has 1 aromatic heterocycles. The molecule has 0 radical (unpaired) electrons. The number of ether oxygens (including phenoxy) is 1. The minimum absolute atomic E-state index is 0.626. The average Bonchev–Trinajstić information content (AvgIpc) is 2.46. The van der Waals surface area contributed by atoms with Crippen LogP contribution >= 0.6 is 0 Å². The van der Waals surface area contributed by atoms with E-state index in [1.807, 2.05) is 0 Å². The van der Waals surface area contributed by atoms with Crippen molar-refractivity contribution in [1.29, 1.82) is 0 Å². The molecule has 0 amide bonds. The molecule has 1 fully saturated rings. The first-order valence-electron chi connectivity index (χ1n) is 6.90. The van der Waals surface area contributed by atoms with E-state index in [1.165, 1.54) is 12.8 Å². The molecule has 1 atom stereocenters. The number of aromatic nitrogens is 2. The molecular formula is C14H24N4O. The number of piperidine rings is 1. The highest BCUT2D eigenvalue weighted by Crippen LogP contribution is 2.29. The second-order valence-electron chi connectivity index (χ2n) is 5.42. The van der Waals surface area contributed by atoms with Crippen molar-refractivity contribution in [3.8, 4) is 5.88 Å². The molecule has 5 heteroatoms. The van der Waals surface area contributed by atoms with Crippen LogP contribution < -0.4 is 9.64 Å². The summed E-state index contributed by atoms with van der Waals surface area (Å²) < 4.78 is 5.29. The van der Waals surface area contributed by atoms with Crippen LogP contribution in [-0.4, -0.2) is 55.2 Å². The Balaban J connectivity index is 2.00. The largest absolute Gasteiger partial charge is 0.478 e. The zero-order valence-corrected chi connectivity index (χ0v) is 12.3. The van der Waals surface area contributed by atoms with E-state index in [2.05, 4.69) is 40.8 Å². The van der Waals surface area contributed by atoms with E-state index >= 15 is 0 Å². The first-order valence-corrected chi connectivity index (χ1v) is 6.90. The van der Waals surface area contributed by atoms with E-state index in [4.69, 9.17) is 4.74 Å². The van der Waals surface area contributed by atoms with Gasteiger partial charge in [0.25, 0.3) is 5.88 Å². The Bertz CT molecular complexity index is 402. The van der Waals surface area contributed by atoms with Gasteiger partial charge in [0.15, 0.2) is 5.82 Å². The molecule has 0 aliphatic carbocycles. The molecule has 1 aliphatic rings. The number of rotatable bonds is 4. The van der Waals surface area contributed by atoms with Gasteiger partial charge >= 0.3 is 0 Å². The number of anilines is 1. The van der Waals surface area contributed by atoms with Crippen molar-refractivity contribution in [3.63, 3.8) is 0 Å². The quantitative estimate of drug-likeness (QED) is 0.827. The molecule has 0 N–H and O–H groups in total. The van der Waals surface area contributed by atoms with Crippen molar-refractivity contribution >= 4 is 5.82 Å². The molecule has 19 heavy (non-hydrogen) atoms. The second kappa shape index (κ2) is 6.19. The Kier molecular flexibility index (Phi) is 4.58. The van der Waals surface area contributed by atoms with Crippen LogP contribution in [0.3, 0.4) is 0 Å². The Hall–Kier alpha value is -1.36. The third kappa shape index (κ3) is 3.15. The van der Waals surface area contributed by atoms with E-state index in [-0.39, 0.29) is 0 Å². The van der Waals surface area contributed by atoms with Crippen molar-refractivity contribution in [2.45, 2.75) is 25.8 Å². The summed E-state index contributed by atoms with van der Waals surface area (Å²) >= 11 is 0. The van der Waals surface area contributed by atoms with Crippen LogP contribution in [0, 0.1) is 5.92 Å². The summed E-state index contributed by atoms with van der Waals surface area (Å²) in [5.74, 6) is 2.26. The first kappa shape index (κ1) is 14.1. The van der Waals surface area contributed by atoms with Crippen LogP contribution in [0.5, 0.6) is 5.88 Å². The monoisotopic (exact) mass is 264 g/mol. The zero-order chi connectivity index (χ0) is 13.8. The molecule has 1 aromatic rings. The zero-order valence-electron chi connectivity index (χ0n) is 12.3. The van der Waals surface area contributed by atoms with E-state index in [1.54, 1.807) is 19.5 Å². The lowest BCUT2D eigenvalue weighted by atomic mass is 9.90. The highest BCUT2D eigenvalue weighted by atomic mass is 16.5. The molecule has 1 saturated heterocycles. The highest BCUT2D eigenvalue weighted by molar-refractivity contribution is 5.48. The summed E-state index contributed by atoms with van der Waals surface area (Å²) in [5.41, 5.74) is 0. The maximum Gasteiger partial charge on any atom is 0.257 e. The summed E-state index contributed by atoms with van der Waals surface area (Å²) in [5, 5.41) is 0. The van der Waals surface area contributed by atoms with Crippen LogP contribution in [0.1, 0.15) is 19.8 Å². The smallest absolute Gasteiger partial charge is 0.257 e. The van der Waals surface area contributed by atoms with Crippen molar-refractivity contribution in [3.05, 3.63) is 12.4 Å². The average molecular weight is 264 g/mol. The van der Waals surface area contributed by atoms with Crippen LogP contribution in [0.15, 0.2) is 12.4 Å². The molecule has 2 rings (SSSR count). The standard InChI is InChI=1S/C14H24N4O/c1-11(17(2)3)12-5-9-18(10-6-12)13-14(19-4)16-8-7-15-13/h7-8,11-12H,5-6,9-10H2,1-4H3. The molecule has 0 spiro atoms. The van der Waals surface area contributed by atoms with Crippen LogP contribution in [0.25, 0.3) is 0 Å². The molecule has 1 unspecified atom stereocenters. The minimum Gasteiger partial charge on any atom is -0.478 e. The fourth-order valence-corrected chi connectivity index (χ4v) is 2.69. The van der Waals surface area contributed by atoms with Crippen molar-refractivity contribution in [2.24, 2.45) is 5.92 Å². The third-order valence-electron chi connectivity index (χ3n) is 4.18. The minimum atomic E-state index is 0.626. The van der Waals surface area contributed by atoms with Gasteiger partial charge in [0.2, 0.25) is 0 Å². The van der Waals surface area contributed by atoms with Crippen molar-refractivity contribution in [1.82, 2.24) is 14.9 Å². The lowest BCUT2D eigenvalue weighted by Crippen LogP contribution is -2.42. The Morgan fingerprint density at radius 1 is 1.26 bits per heavy atom. The molecular weight excluding hydrogens is 240 g/mol. The fraction of sp³-hybridized carbons (Fsp3) is 0.714. The van der Waals surface area contributed by atoms with Gasteiger partial charge < -0.3 is 14.5 Å². The predicted octanol–water partition coefficient (Wildman–Crippen LogP) is 1.65. The lowest BCUT2D eigenvalue weighted by molar-refractivity contribution is 0.198. The maximum absolute atomic E-state index is 5.29. The van der Waals surface area contributed by atoms with Gasteiger partial charge in [-0.2, -0.15) is 0 Å². The first-order chi connectivity index (χ1) is 9.13. The van der Waals surface area contributed by atoms with Crippen molar-refractivity contribution in [2.75, 3.05) is 39.2 Å². The van der Waals surface area contributed by atoms with Crippen molar-refractivity contribution < 1.29 is 4.74 Å². The second-order valence-corrected chi connectivity index (χ2v) is 5.42. The Morgan fingerprint density at radius 2 is 1.89 bits per heavy atom. The summed E-state index contributed by atoms with van der Waals surface area (Å²) in [6.45, 7) is 4.36. The van der Waals surface area contributed by atoms with Gasteiger partial charge in [-0.05, 0) is 39.8 Å². The van der Waals surface area contributed by atoms with E-state index in [0.29, 0.717) is 11.9 Å². The summed E-state index contributed by atoms with van der Waals surface area (Å²) in [4.78, 5) is 13.2. The maximum atomic E-state index is 5.29. The molecule has 1 aliphatic heterocycles. The molecule has 106 valence electrons. The van der Waals surface area contributed by atoms with Crippen LogP contribution in [0.4, 0.5) is 5.82 Å². The summed E-state index contributed by atoms with van der Waals surface area (Å²) in [6, 6.07) is 0.630. The van der Waals surface area contributed by atoms with Gasteiger partial charge in [-0.15, -0.1) is 0 Å². The van der Waals surface area contributed by atoms with Crippen LogP contribution in [-0.2, 0) is 0 Å². The normalized spacial score (nSPS) is 18.7. The van der Waals surface area contributed by atoms with Gasteiger partial charge in [0, 0.05) is 31.5 Å². The van der Waals surface area contributed by atoms with E-state index < -0.39 is 0 Å². The topological polar surface area (TPSA) is 41.5 Å². The highest BCUT2D eigenvalue weighted by Gasteiger charge is 2.26. The Morgan fingerprint density at radius 3 is 2.47 bits per heavy atom. The number of nitrogens with zero attached hydrogens (tertiary/aromatic N) is 4. The molecule has 5 nitrogen and oxygen atoms in total. The molecule has 2 heterocycles. The Labute approximate surface area is 115 Å². The summed E-state index contributed by atoms with van der Waals surface area (Å²) in [6.07, 6.45) is 5.79.